The molecular weight excluding hydrogens is 395 g/mol. The van der Waals surface area contributed by atoms with Crippen LogP contribution in [0.5, 0.6) is 0 Å². The predicted molar refractivity (Wildman–Crippen MR) is 103 cm³/mol. The first-order valence-electron chi connectivity index (χ1n) is 9.19. The summed E-state index contributed by atoms with van der Waals surface area (Å²) < 4.78 is 1.38. The van der Waals surface area contributed by atoms with Gasteiger partial charge < -0.3 is 0 Å². The van der Waals surface area contributed by atoms with E-state index in [2.05, 4.69) is 43.0 Å². The Hall–Kier alpha value is -0.380. The van der Waals surface area contributed by atoms with Crippen LogP contribution in [0.15, 0.2) is 33.0 Å². The maximum atomic E-state index is 11.9. The highest BCUT2D eigenvalue weighted by Crippen LogP contribution is 2.65. The van der Waals surface area contributed by atoms with Gasteiger partial charge in [-0.25, -0.2) is 0 Å². The Balaban J connectivity index is 1.69. The molecule has 124 valence electrons. The molecule has 5 atom stereocenters. The van der Waals surface area contributed by atoms with Gasteiger partial charge in [0.25, 0.3) is 0 Å². The number of carbonyl (C=O) groups excluding carboxylic acids is 1. The Labute approximate surface area is 153 Å². The zero-order valence-electron chi connectivity index (χ0n) is 14.3. The molecule has 3 fully saturated rings. The summed E-state index contributed by atoms with van der Waals surface area (Å²) in [7, 11) is 0. The number of ketones is 1. The molecule has 0 spiro atoms. The van der Waals surface area contributed by atoms with E-state index in [0.29, 0.717) is 23.5 Å². The van der Waals surface area contributed by atoms with Crippen molar-refractivity contribution in [3.8, 4) is 0 Å². The molecule has 0 heterocycles. The van der Waals surface area contributed by atoms with E-state index in [4.69, 9.17) is 0 Å². The Kier molecular flexibility index (Phi) is 3.90. The minimum atomic E-state index is 0.322. The number of hydrogen-bond donors (Lipinski definition) is 0. The smallest absolute Gasteiger partial charge is 0.160 e. The minimum absolute atomic E-state index is 0.322. The van der Waals surface area contributed by atoms with Crippen molar-refractivity contribution < 1.29 is 4.79 Å². The average Bonchev–Trinajstić information content (AvgIpc) is 2.83. The molecule has 3 saturated carbocycles. The summed E-state index contributed by atoms with van der Waals surface area (Å²) in [6.07, 6.45) is 10.4. The van der Waals surface area contributed by atoms with Crippen molar-refractivity contribution in [3.63, 3.8) is 0 Å². The maximum Gasteiger partial charge on any atom is 0.160 e. The first-order chi connectivity index (χ1) is 10.9. The first-order valence-corrected chi connectivity index (χ1v) is 10.3. The second-order valence-electron chi connectivity index (χ2n) is 8.54. The van der Waals surface area contributed by atoms with Gasteiger partial charge in [-0.15, -0.1) is 0 Å². The fourth-order valence-electron chi connectivity index (χ4n) is 6.60. The second-order valence-corrected chi connectivity index (χ2v) is 9.93. The van der Waals surface area contributed by atoms with Gasteiger partial charge in [-0.3, -0.25) is 4.79 Å². The molecular formula is C21H27IO. The first kappa shape index (κ1) is 16.1. The summed E-state index contributed by atoms with van der Waals surface area (Å²) in [4.78, 5) is 11.9. The molecule has 0 radical (unpaired) electrons. The SMILES string of the molecule is C=C(I)[C@H]1CCC2C3CCC4=CC(=O)CC(C)=C4C3CC[C@@]21C. The number of allylic oxidation sites excluding steroid dienone is 5. The summed E-state index contributed by atoms with van der Waals surface area (Å²) >= 11 is 2.48. The predicted octanol–water partition coefficient (Wildman–Crippen LogP) is 6.00. The standard InChI is InChI=1S/C21H27IO/c1-12-10-15(23)11-14-4-5-16-17(20(12)14)8-9-21(3)18(13(2)22)6-7-19(16)21/h11,16-19H,2,4-10H2,1,3H3/t16?,17?,18-,19?,21-/m1/s1. The molecule has 4 aliphatic rings. The van der Waals surface area contributed by atoms with Crippen molar-refractivity contribution in [3.05, 3.63) is 33.0 Å². The molecule has 0 amide bonds. The Morgan fingerprint density at radius 3 is 2.83 bits per heavy atom. The molecule has 0 aromatic carbocycles. The van der Waals surface area contributed by atoms with E-state index in [1.165, 1.54) is 46.8 Å². The Bertz CT molecular complexity index is 640. The van der Waals surface area contributed by atoms with Crippen LogP contribution in [-0.2, 0) is 4.79 Å². The van der Waals surface area contributed by atoms with Crippen molar-refractivity contribution >= 4 is 28.4 Å². The lowest BCUT2D eigenvalue weighted by Gasteiger charge is -2.52. The fraction of sp³-hybridized carbons (Fsp3) is 0.667. The van der Waals surface area contributed by atoms with Gasteiger partial charge in [-0.2, -0.15) is 0 Å². The van der Waals surface area contributed by atoms with Crippen LogP contribution >= 0.6 is 22.6 Å². The number of halogens is 1. The van der Waals surface area contributed by atoms with E-state index in [-0.39, 0.29) is 0 Å². The summed E-state index contributed by atoms with van der Waals surface area (Å²) in [5, 5.41) is 0. The van der Waals surface area contributed by atoms with Gasteiger partial charge >= 0.3 is 0 Å². The van der Waals surface area contributed by atoms with Gasteiger partial charge in [0, 0.05) is 6.42 Å². The third-order valence-corrected chi connectivity index (χ3v) is 8.27. The summed E-state index contributed by atoms with van der Waals surface area (Å²) in [6, 6.07) is 0. The lowest BCUT2D eigenvalue weighted by Crippen LogP contribution is -2.44. The van der Waals surface area contributed by atoms with Crippen LogP contribution in [0, 0.1) is 29.1 Å². The number of carbonyl (C=O) groups is 1. The quantitative estimate of drug-likeness (QED) is 0.474. The van der Waals surface area contributed by atoms with Crippen LogP contribution in [0.2, 0.25) is 0 Å². The van der Waals surface area contributed by atoms with Gasteiger partial charge in [0.1, 0.15) is 0 Å². The normalized spacial score (nSPS) is 42.7. The lowest BCUT2D eigenvalue weighted by molar-refractivity contribution is -0.114. The van der Waals surface area contributed by atoms with Crippen LogP contribution in [0.4, 0.5) is 0 Å². The lowest BCUT2D eigenvalue weighted by atomic mass is 9.52. The zero-order valence-corrected chi connectivity index (χ0v) is 16.5. The molecule has 0 saturated heterocycles. The van der Waals surface area contributed by atoms with Crippen molar-refractivity contribution in [2.45, 2.75) is 58.8 Å². The van der Waals surface area contributed by atoms with Crippen molar-refractivity contribution in [2.24, 2.45) is 29.1 Å². The van der Waals surface area contributed by atoms with E-state index in [1.807, 2.05) is 6.08 Å². The van der Waals surface area contributed by atoms with Crippen molar-refractivity contribution in [1.82, 2.24) is 0 Å². The molecule has 23 heavy (non-hydrogen) atoms. The number of rotatable bonds is 1. The molecule has 4 aliphatic carbocycles. The molecule has 0 aliphatic heterocycles. The highest BCUT2D eigenvalue weighted by atomic mass is 127. The topological polar surface area (TPSA) is 17.1 Å². The van der Waals surface area contributed by atoms with E-state index in [0.717, 1.165) is 24.2 Å². The fourth-order valence-corrected chi connectivity index (χ4v) is 7.62. The molecule has 1 nitrogen and oxygen atoms in total. The Morgan fingerprint density at radius 1 is 1.30 bits per heavy atom. The van der Waals surface area contributed by atoms with Gasteiger partial charge in [0.05, 0.1) is 0 Å². The molecule has 0 aromatic rings. The summed E-state index contributed by atoms with van der Waals surface area (Å²) in [6.45, 7) is 9.05. The van der Waals surface area contributed by atoms with E-state index in [1.54, 1.807) is 5.57 Å². The van der Waals surface area contributed by atoms with Gasteiger partial charge in [0.15, 0.2) is 5.78 Å². The second kappa shape index (κ2) is 5.57. The van der Waals surface area contributed by atoms with Crippen LogP contribution in [-0.4, -0.2) is 5.78 Å². The largest absolute Gasteiger partial charge is 0.294 e. The van der Waals surface area contributed by atoms with E-state index >= 15 is 0 Å². The highest BCUT2D eigenvalue weighted by molar-refractivity contribution is 14.1. The number of fused-ring (bicyclic) bond motifs is 5. The maximum absolute atomic E-state index is 11.9. The molecule has 2 heteroatoms. The monoisotopic (exact) mass is 422 g/mol. The molecule has 0 N–H and O–H groups in total. The number of hydrogen-bond acceptors (Lipinski definition) is 1. The van der Waals surface area contributed by atoms with Crippen molar-refractivity contribution in [2.75, 3.05) is 0 Å². The summed E-state index contributed by atoms with van der Waals surface area (Å²) in [5.74, 6) is 3.46. The molecule has 0 bridgehead atoms. The molecule has 3 unspecified atom stereocenters. The third-order valence-electron chi connectivity index (χ3n) is 7.51. The zero-order chi connectivity index (χ0) is 16.4. The van der Waals surface area contributed by atoms with E-state index in [9.17, 15) is 4.79 Å². The Morgan fingerprint density at radius 2 is 2.09 bits per heavy atom. The highest BCUT2D eigenvalue weighted by Gasteiger charge is 2.55. The summed E-state index contributed by atoms with van der Waals surface area (Å²) in [5.41, 5.74) is 4.83. The van der Waals surface area contributed by atoms with Gasteiger partial charge in [0.2, 0.25) is 0 Å². The third kappa shape index (κ3) is 2.34. The minimum Gasteiger partial charge on any atom is -0.294 e. The van der Waals surface area contributed by atoms with E-state index < -0.39 is 0 Å². The molecule has 0 aromatic heterocycles. The molecule has 4 rings (SSSR count). The van der Waals surface area contributed by atoms with Crippen LogP contribution < -0.4 is 0 Å². The van der Waals surface area contributed by atoms with Crippen LogP contribution in [0.1, 0.15) is 58.8 Å². The van der Waals surface area contributed by atoms with Crippen LogP contribution in [0.25, 0.3) is 0 Å². The van der Waals surface area contributed by atoms with Crippen LogP contribution in [0.3, 0.4) is 0 Å². The van der Waals surface area contributed by atoms with Crippen molar-refractivity contribution in [1.29, 1.82) is 0 Å². The van der Waals surface area contributed by atoms with Gasteiger partial charge in [-0.1, -0.05) is 19.1 Å². The van der Waals surface area contributed by atoms with Gasteiger partial charge in [-0.05, 0) is 118 Å². The average molecular weight is 422 g/mol.